The maximum atomic E-state index is 12.3. The molecule has 2 heterocycles. The minimum atomic E-state index is 0.00172. The lowest BCUT2D eigenvalue weighted by Crippen LogP contribution is -2.30. The van der Waals surface area contributed by atoms with Gasteiger partial charge in [-0.15, -0.1) is 11.8 Å². The molecule has 2 N–H and O–H groups in total. The van der Waals surface area contributed by atoms with Crippen molar-refractivity contribution in [2.24, 2.45) is 0 Å². The van der Waals surface area contributed by atoms with Gasteiger partial charge in [0.2, 0.25) is 5.91 Å². The smallest absolute Gasteiger partial charge is 0.228 e. The number of nitrogens with one attached hydrogen (secondary N) is 2. The largest absolute Gasteiger partial charge is 0.356 e. The summed E-state index contributed by atoms with van der Waals surface area (Å²) in [4.78, 5) is 13.5. The number of aryl methyl sites for hydroxylation is 2. The van der Waals surface area contributed by atoms with Crippen LogP contribution in [0.1, 0.15) is 29.2 Å². The average molecular weight is 301 g/mol. The summed E-state index contributed by atoms with van der Waals surface area (Å²) in [7, 11) is 0. The zero-order chi connectivity index (χ0) is 14.7. The first-order valence-electron chi connectivity index (χ1n) is 7.24. The predicted octanol–water partition coefficient (Wildman–Crippen LogP) is 2.66. The number of aromatic amines is 1. The Hall–Kier alpha value is -1.75. The summed E-state index contributed by atoms with van der Waals surface area (Å²) in [5.74, 6) is 1.00. The maximum Gasteiger partial charge on any atom is 0.228 e. The van der Waals surface area contributed by atoms with E-state index in [4.69, 9.17) is 0 Å². The first-order valence-corrected chi connectivity index (χ1v) is 8.22. The van der Waals surface area contributed by atoms with E-state index in [2.05, 4.69) is 27.6 Å². The summed E-state index contributed by atoms with van der Waals surface area (Å²) in [5.41, 5.74) is 3.51. The van der Waals surface area contributed by atoms with Crippen LogP contribution in [-0.2, 0) is 11.2 Å². The van der Waals surface area contributed by atoms with Gasteiger partial charge in [0.1, 0.15) is 0 Å². The van der Waals surface area contributed by atoms with Crippen molar-refractivity contribution in [3.63, 3.8) is 0 Å². The standard InChI is InChI=1S/C16H19N3OS/c1-11-12(9-18-19-11)5-4-8-17-16(20)14-10-21-15-7-3-2-6-13(14)15/h2-3,6-7,9,14H,4-5,8,10H2,1H3,(H,17,20)(H,18,19). The molecule has 0 fully saturated rings. The van der Waals surface area contributed by atoms with E-state index in [-0.39, 0.29) is 11.8 Å². The Labute approximate surface area is 128 Å². The molecule has 0 bridgehead atoms. The molecular formula is C16H19N3OS. The van der Waals surface area contributed by atoms with Crippen molar-refractivity contribution >= 4 is 17.7 Å². The highest BCUT2D eigenvalue weighted by Crippen LogP contribution is 2.39. The predicted molar refractivity (Wildman–Crippen MR) is 84.6 cm³/mol. The van der Waals surface area contributed by atoms with Crippen molar-refractivity contribution in [2.75, 3.05) is 12.3 Å². The van der Waals surface area contributed by atoms with Crippen molar-refractivity contribution in [1.82, 2.24) is 15.5 Å². The number of hydrogen-bond acceptors (Lipinski definition) is 3. The molecule has 110 valence electrons. The highest BCUT2D eigenvalue weighted by Gasteiger charge is 2.28. The number of hydrogen-bond donors (Lipinski definition) is 2. The molecule has 1 atom stereocenters. The van der Waals surface area contributed by atoms with E-state index in [1.807, 2.05) is 25.3 Å². The molecular weight excluding hydrogens is 282 g/mol. The van der Waals surface area contributed by atoms with Gasteiger partial charge in [-0.3, -0.25) is 9.89 Å². The molecule has 1 aliphatic rings. The summed E-state index contributed by atoms with van der Waals surface area (Å²) in [6.07, 6.45) is 3.74. The van der Waals surface area contributed by atoms with Gasteiger partial charge in [-0.2, -0.15) is 5.10 Å². The van der Waals surface area contributed by atoms with E-state index in [1.54, 1.807) is 11.8 Å². The van der Waals surface area contributed by atoms with Gasteiger partial charge >= 0.3 is 0 Å². The molecule has 0 spiro atoms. The van der Waals surface area contributed by atoms with Crippen LogP contribution in [0.5, 0.6) is 0 Å². The van der Waals surface area contributed by atoms with Crippen LogP contribution in [-0.4, -0.2) is 28.4 Å². The Kier molecular flexibility index (Phi) is 4.29. The molecule has 1 aromatic heterocycles. The molecule has 1 aliphatic heterocycles. The Bertz CT molecular complexity index is 638. The molecule has 2 aromatic rings. The van der Waals surface area contributed by atoms with E-state index in [9.17, 15) is 4.79 Å². The monoisotopic (exact) mass is 301 g/mol. The number of fused-ring (bicyclic) bond motifs is 1. The maximum absolute atomic E-state index is 12.3. The van der Waals surface area contributed by atoms with Crippen LogP contribution >= 0.6 is 11.8 Å². The number of aromatic nitrogens is 2. The topological polar surface area (TPSA) is 57.8 Å². The fourth-order valence-electron chi connectivity index (χ4n) is 2.62. The lowest BCUT2D eigenvalue weighted by Gasteiger charge is -2.11. The van der Waals surface area contributed by atoms with Crippen molar-refractivity contribution in [3.05, 3.63) is 47.3 Å². The van der Waals surface area contributed by atoms with E-state index < -0.39 is 0 Å². The highest BCUT2D eigenvalue weighted by atomic mass is 32.2. The molecule has 0 radical (unpaired) electrons. The number of rotatable bonds is 5. The first-order chi connectivity index (χ1) is 10.3. The van der Waals surface area contributed by atoms with E-state index in [0.29, 0.717) is 6.54 Å². The summed E-state index contributed by atoms with van der Waals surface area (Å²) in [6, 6.07) is 8.19. The fourth-order valence-corrected chi connectivity index (χ4v) is 3.85. The van der Waals surface area contributed by atoms with Gasteiger partial charge < -0.3 is 5.32 Å². The van der Waals surface area contributed by atoms with Crippen LogP contribution < -0.4 is 5.32 Å². The number of thioether (sulfide) groups is 1. The van der Waals surface area contributed by atoms with Crippen LogP contribution in [0.3, 0.4) is 0 Å². The second-order valence-electron chi connectivity index (χ2n) is 5.32. The quantitative estimate of drug-likeness (QED) is 0.835. The van der Waals surface area contributed by atoms with Gasteiger partial charge in [-0.25, -0.2) is 0 Å². The van der Waals surface area contributed by atoms with Gasteiger partial charge in [0.05, 0.1) is 12.1 Å². The molecule has 3 rings (SSSR count). The second-order valence-corrected chi connectivity index (χ2v) is 6.38. The van der Waals surface area contributed by atoms with Crippen molar-refractivity contribution in [3.8, 4) is 0 Å². The summed E-state index contributed by atoms with van der Waals surface area (Å²) < 4.78 is 0. The van der Waals surface area contributed by atoms with Gasteiger partial charge in [-0.05, 0) is 37.0 Å². The molecule has 1 aromatic carbocycles. The Morgan fingerprint density at radius 2 is 2.33 bits per heavy atom. The van der Waals surface area contributed by atoms with Crippen molar-refractivity contribution in [2.45, 2.75) is 30.6 Å². The van der Waals surface area contributed by atoms with Gasteiger partial charge in [0, 0.05) is 22.9 Å². The van der Waals surface area contributed by atoms with Gasteiger partial charge in [-0.1, -0.05) is 18.2 Å². The highest BCUT2D eigenvalue weighted by molar-refractivity contribution is 7.99. The van der Waals surface area contributed by atoms with Gasteiger partial charge in [0.25, 0.3) is 0 Å². The third kappa shape index (κ3) is 3.13. The van der Waals surface area contributed by atoms with Gasteiger partial charge in [0.15, 0.2) is 0 Å². The summed E-state index contributed by atoms with van der Waals surface area (Å²) in [6.45, 7) is 2.74. The van der Waals surface area contributed by atoms with E-state index in [0.717, 1.165) is 24.3 Å². The minimum Gasteiger partial charge on any atom is -0.356 e. The molecule has 4 nitrogen and oxygen atoms in total. The number of carbonyl (C=O) groups excluding carboxylic acids is 1. The van der Waals surface area contributed by atoms with Crippen LogP contribution in [0.25, 0.3) is 0 Å². The molecule has 1 unspecified atom stereocenters. The number of amides is 1. The normalized spacial score (nSPS) is 16.7. The Balaban J connectivity index is 1.48. The average Bonchev–Trinajstić information content (AvgIpc) is 3.10. The fraction of sp³-hybridized carbons (Fsp3) is 0.375. The number of benzene rings is 1. The van der Waals surface area contributed by atoms with Crippen LogP contribution in [0, 0.1) is 6.92 Å². The molecule has 0 saturated heterocycles. The molecule has 1 amide bonds. The van der Waals surface area contributed by atoms with Crippen LogP contribution in [0.15, 0.2) is 35.4 Å². The van der Waals surface area contributed by atoms with Crippen LogP contribution in [0.2, 0.25) is 0 Å². The molecule has 5 heteroatoms. The molecule has 0 saturated carbocycles. The Morgan fingerprint density at radius 1 is 1.48 bits per heavy atom. The number of nitrogens with zero attached hydrogens (tertiary/aromatic N) is 1. The summed E-state index contributed by atoms with van der Waals surface area (Å²) in [5, 5.41) is 10.0. The first kappa shape index (κ1) is 14.2. The lowest BCUT2D eigenvalue weighted by molar-refractivity contribution is -0.122. The lowest BCUT2D eigenvalue weighted by atomic mass is 10.0. The zero-order valence-electron chi connectivity index (χ0n) is 12.1. The third-order valence-corrected chi connectivity index (χ3v) is 5.06. The minimum absolute atomic E-state index is 0.00172. The van der Waals surface area contributed by atoms with Crippen molar-refractivity contribution < 1.29 is 4.79 Å². The van der Waals surface area contributed by atoms with Crippen molar-refractivity contribution in [1.29, 1.82) is 0 Å². The van der Waals surface area contributed by atoms with E-state index >= 15 is 0 Å². The Morgan fingerprint density at radius 3 is 3.14 bits per heavy atom. The molecule has 21 heavy (non-hydrogen) atoms. The number of carbonyl (C=O) groups is 1. The second kappa shape index (κ2) is 6.35. The SMILES string of the molecule is Cc1[nH]ncc1CCCNC(=O)C1CSc2ccccc21. The summed E-state index contributed by atoms with van der Waals surface area (Å²) >= 11 is 1.77. The van der Waals surface area contributed by atoms with E-state index in [1.165, 1.54) is 16.0 Å². The van der Waals surface area contributed by atoms with Crippen LogP contribution in [0.4, 0.5) is 0 Å². The number of H-pyrrole nitrogens is 1. The third-order valence-electron chi connectivity index (χ3n) is 3.87. The molecule has 0 aliphatic carbocycles. The zero-order valence-corrected chi connectivity index (χ0v) is 12.9.